The van der Waals surface area contributed by atoms with Crippen LogP contribution in [0.25, 0.3) is 11.3 Å². The van der Waals surface area contributed by atoms with E-state index in [1.807, 2.05) is 0 Å². The third-order valence-electron chi connectivity index (χ3n) is 5.90. The van der Waals surface area contributed by atoms with E-state index in [0.717, 1.165) is 63.6 Å². The summed E-state index contributed by atoms with van der Waals surface area (Å²) < 4.78 is 5.84. The lowest BCUT2D eigenvalue weighted by atomic mass is 9.90. The number of fused-ring (bicyclic) bond motifs is 3. The molecule has 1 saturated heterocycles. The van der Waals surface area contributed by atoms with Crippen LogP contribution in [0.2, 0.25) is 0 Å². The molecule has 0 radical (unpaired) electrons. The molecule has 3 aromatic rings. The van der Waals surface area contributed by atoms with Gasteiger partial charge in [-0.25, -0.2) is 0 Å². The first kappa shape index (κ1) is 16.6. The molecule has 1 fully saturated rings. The molecule has 27 heavy (non-hydrogen) atoms. The van der Waals surface area contributed by atoms with E-state index in [9.17, 15) is 0 Å². The molecule has 0 amide bonds. The summed E-state index contributed by atoms with van der Waals surface area (Å²) >= 11 is 0. The highest BCUT2D eigenvalue weighted by molar-refractivity contribution is 5.73. The first-order chi connectivity index (χ1) is 13.4. The fourth-order valence-electron chi connectivity index (χ4n) is 4.32. The van der Waals surface area contributed by atoms with Gasteiger partial charge in [0.25, 0.3) is 0 Å². The van der Waals surface area contributed by atoms with Crippen LogP contribution in [-0.2, 0) is 19.3 Å². The Hall–Kier alpha value is -2.59. The Morgan fingerprint density at radius 1 is 0.852 bits per heavy atom. The number of hydrogen-bond acceptors (Lipinski definition) is 4. The molecular formula is C23H25N3O. The molecule has 0 spiro atoms. The number of aryl methyl sites for hydroxylation is 1. The second kappa shape index (κ2) is 7.20. The lowest BCUT2D eigenvalue weighted by Gasteiger charge is -2.35. The Bertz CT molecular complexity index is 910. The lowest BCUT2D eigenvalue weighted by Crippen LogP contribution is -2.47. The van der Waals surface area contributed by atoms with Crippen LogP contribution in [0.1, 0.15) is 16.7 Å². The smallest absolute Gasteiger partial charge is 0.231 e. The number of hydrogen-bond donors (Lipinski definition) is 0. The van der Waals surface area contributed by atoms with Crippen molar-refractivity contribution in [3.63, 3.8) is 0 Å². The Kier molecular flexibility index (Phi) is 4.42. The van der Waals surface area contributed by atoms with Gasteiger partial charge in [-0.1, -0.05) is 59.8 Å². The standard InChI is InChI=1S/C23H25N3O/c1-2-6-18(7-3-1)12-13-25-14-16-26(17-15-25)23-21-11-10-19-8-4-5-9-20(19)22(21)24-27-23/h1-9H,10-17H2. The summed E-state index contributed by atoms with van der Waals surface area (Å²) in [5.41, 5.74) is 6.40. The van der Waals surface area contributed by atoms with Crippen molar-refractivity contribution in [1.82, 2.24) is 10.1 Å². The summed E-state index contributed by atoms with van der Waals surface area (Å²) in [6.45, 7) is 5.31. The predicted octanol–water partition coefficient (Wildman–Crippen LogP) is 3.80. The van der Waals surface area contributed by atoms with Gasteiger partial charge >= 0.3 is 0 Å². The first-order valence-corrected chi connectivity index (χ1v) is 9.96. The van der Waals surface area contributed by atoms with Gasteiger partial charge in [0, 0.05) is 43.9 Å². The number of anilines is 1. The zero-order valence-electron chi connectivity index (χ0n) is 15.6. The van der Waals surface area contributed by atoms with Gasteiger partial charge in [0.05, 0.1) is 0 Å². The summed E-state index contributed by atoms with van der Waals surface area (Å²) in [4.78, 5) is 4.94. The average molecular weight is 359 g/mol. The van der Waals surface area contributed by atoms with E-state index in [0.29, 0.717) is 0 Å². The Morgan fingerprint density at radius 2 is 1.63 bits per heavy atom. The highest BCUT2D eigenvalue weighted by atomic mass is 16.5. The quantitative estimate of drug-likeness (QED) is 0.709. The molecule has 4 heteroatoms. The summed E-state index contributed by atoms with van der Waals surface area (Å²) in [7, 11) is 0. The van der Waals surface area contributed by atoms with Crippen LogP contribution in [0.15, 0.2) is 59.1 Å². The minimum absolute atomic E-state index is 1.00. The zero-order chi connectivity index (χ0) is 18.1. The lowest BCUT2D eigenvalue weighted by molar-refractivity contribution is 0.254. The molecule has 1 aliphatic carbocycles. The maximum atomic E-state index is 5.84. The fraction of sp³-hybridized carbons (Fsp3) is 0.348. The predicted molar refractivity (Wildman–Crippen MR) is 108 cm³/mol. The van der Waals surface area contributed by atoms with Crippen molar-refractivity contribution in [3.8, 4) is 11.3 Å². The van der Waals surface area contributed by atoms with Crippen LogP contribution in [0.3, 0.4) is 0 Å². The number of nitrogens with zero attached hydrogens (tertiary/aromatic N) is 3. The summed E-state index contributed by atoms with van der Waals surface area (Å²) in [5.74, 6) is 1.00. The van der Waals surface area contributed by atoms with Crippen LogP contribution in [0.5, 0.6) is 0 Å². The topological polar surface area (TPSA) is 32.5 Å². The third kappa shape index (κ3) is 3.26. The molecule has 0 N–H and O–H groups in total. The Morgan fingerprint density at radius 3 is 2.48 bits per heavy atom. The van der Waals surface area contributed by atoms with Crippen LogP contribution in [0, 0.1) is 0 Å². The van der Waals surface area contributed by atoms with Crippen molar-refractivity contribution in [2.45, 2.75) is 19.3 Å². The van der Waals surface area contributed by atoms with Crippen molar-refractivity contribution < 1.29 is 4.52 Å². The highest BCUT2D eigenvalue weighted by Crippen LogP contribution is 2.38. The number of benzene rings is 2. The molecule has 4 nitrogen and oxygen atoms in total. The molecular weight excluding hydrogens is 334 g/mol. The summed E-state index contributed by atoms with van der Waals surface area (Å²) in [6.07, 6.45) is 3.23. The summed E-state index contributed by atoms with van der Waals surface area (Å²) in [6, 6.07) is 19.3. The SMILES string of the molecule is c1ccc(CCN2CCN(c3onc4c3CCc3ccccc3-4)CC2)cc1. The van der Waals surface area contributed by atoms with Crippen LogP contribution in [-0.4, -0.2) is 42.8 Å². The highest BCUT2D eigenvalue weighted by Gasteiger charge is 2.28. The van der Waals surface area contributed by atoms with Gasteiger partial charge in [-0.15, -0.1) is 0 Å². The molecule has 138 valence electrons. The second-order valence-electron chi connectivity index (χ2n) is 7.54. The number of piperazine rings is 1. The van der Waals surface area contributed by atoms with Crippen LogP contribution in [0.4, 0.5) is 5.88 Å². The molecule has 2 heterocycles. The molecule has 2 aliphatic rings. The van der Waals surface area contributed by atoms with Gasteiger partial charge in [-0.2, -0.15) is 0 Å². The largest absolute Gasteiger partial charge is 0.338 e. The summed E-state index contributed by atoms with van der Waals surface area (Å²) in [5, 5.41) is 4.44. The van der Waals surface area contributed by atoms with Crippen LogP contribution >= 0.6 is 0 Å². The van der Waals surface area contributed by atoms with E-state index < -0.39 is 0 Å². The number of rotatable bonds is 4. The van der Waals surface area contributed by atoms with E-state index in [4.69, 9.17) is 4.52 Å². The molecule has 5 rings (SSSR count). The monoisotopic (exact) mass is 359 g/mol. The van der Waals surface area contributed by atoms with Crippen molar-refractivity contribution >= 4 is 5.88 Å². The van der Waals surface area contributed by atoms with Crippen molar-refractivity contribution in [3.05, 3.63) is 71.3 Å². The van der Waals surface area contributed by atoms with Crippen molar-refractivity contribution in [1.29, 1.82) is 0 Å². The fourth-order valence-corrected chi connectivity index (χ4v) is 4.32. The van der Waals surface area contributed by atoms with E-state index in [2.05, 4.69) is 69.6 Å². The van der Waals surface area contributed by atoms with Gasteiger partial charge in [0.2, 0.25) is 5.88 Å². The normalized spacial score (nSPS) is 16.8. The number of aromatic nitrogens is 1. The molecule has 0 saturated carbocycles. The third-order valence-corrected chi connectivity index (χ3v) is 5.90. The molecule has 0 atom stereocenters. The molecule has 0 bridgehead atoms. The maximum absolute atomic E-state index is 5.84. The van der Waals surface area contributed by atoms with E-state index in [-0.39, 0.29) is 0 Å². The maximum Gasteiger partial charge on any atom is 0.231 e. The Balaban J connectivity index is 1.24. The average Bonchev–Trinajstić information content (AvgIpc) is 3.18. The van der Waals surface area contributed by atoms with Gasteiger partial charge in [-0.3, -0.25) is 4.90 Å². The first-order valence-electron chi connectivity index (χ1n) is 9.96. The minimum atomic E-state index is 1.00. The van der Waals surface area contributed by atoms with Gasteiger partial charge in [0.1, 0.15) is 5.69 Å². The zero-order valence-corrected chi connectivity index (χ0v) is 15.6. The van der Waals surface area contributed by atoms with Gasteiger partial charge in [-0.05, 0) is 30.4 Å². The van der Waals surface area contributed by atoms with Gasteiger partial charge in [0.15, 0.2) is 0 Å². The molecule has 1 aliphatic heterocycles. The second-order valence-corrected chi connectivity index (χ2v) is 7.54. The molecule has 2 aromatic carbocycles. The van der Waals surface area contributed by atoms with Crippen molar-refractivity contribution in [2.75, 3.05) is 37.6 Å². The van der Waals surface area contributed by atoms with Gasteiger partial charge < -0.3 is 9.42 Å². The van der Waals surface area contributed by atoms with Crippen LogP contribution < -0.4 is 4.90 Å². The van der Waals surface area contributed by atoms with E-state index >= 15 is 0 Å². The van der Waals surface area contributed by atoms with E-state index in [1.54, 1.807) is 0 Å². The van der Waals surface area contributed by atoms with E-state index in [1.165, 1.54) is 22.3 Å². The van der Waals surface area contributed by atoms with Crippen molar-refractivity contribution in [2.24, 2.45) is 0 Å². The molecule has 0 unspecified atom stereocenters. The Labute approximate surface area is 160 Å². The molecule has 1 aromatic heterocycles. The minimum Gasteiger partial charge on any atom is -0.338 e.